The maximum absolute atomic E-state index is 11.4. The first kappa shape index (κ1) is 14.5. The first-order valence-corrected chi connectivity index (χ1v) is 6.77. The van der Waals surface area contributed by atoms with Crippen LogP contribution in [0.4, 0.5) is 10.5 Å². The van der Waals surface area contributed by atoms with Crippen LogP contribution in [-0.4, -0.2) is 47.7 Å². The molecule has 1 fully saturated rings. The van der Waals surface area contributed by atoms with Gasteiger partial charge in [0, 0.05) is 19.5 Å². The number of ether oxygens (including phenoxy) is 2. The maximum Gasteiger partial charge on any atom is 0.411 e. The third kappa shape index (κ3) is 2.78. The van der Waals surface area contributed by atoms with Gasteiger partial charge < -0.3 is 19.6 Å². The van der Waals surface area contributed by atoms with Crippen LogP contribution in [0, 0.1) is 0 Å². The Kier molecular flexibility index (Phi) is 3.78. The van der Waals surface area contributed by atoms with Gasteiger partial charge >= 0.3 is 6.09 Å². The van der Waals surface area contributed by atoms with Crippen LogP contribution in [0.1, 0.15) is 5.69 Å². The Labute approximate surface area is 125 Å². The molecule has 3 rings (SSSR count). The fourth-order valence-corrected chi connectivity index (χ4v) is 2.34. The SMILES string of the molecule is CN(C(=O)O)c1cc2[nH]c(=O)ccc2nc1CC1OCCO1. The molecule has 22 heavy (non-hydrogen) atoms. The molecule has 2 aromatic rings. The van der Waals surface area contributed by atoms with E-state index >= 15 is 0 Å². The second kappa shape index (κ2) is 5.74. The molecule has 3 heterocycles. The van der Waals surface area contributed by atoms with Crippen molar-refractivity contribution in [2.75, 3.05) is 25.2 Å². The second-order valence-corrected chi connectivity index (χ2v) is 4.93. The molecule has 0 radical (unpaired) electrons. The van der Waals surface area contributed by atoms with E-state index in [2.05, 4.69) is 9.97 Å². The number of rotatable bonds is 3. The van der Waals surface area contributed by atoms with Crippen LogP contribution in [0.3, 0.4) is 0 Å². The lowest BCUT2D eigenvalue weighted by Crippen LogP contribution is -2.26. The van der Waals surface area contributed by atoms with Crippen LogP contribution in [0.5, 0.6) is 0 Å². The summed E-state index contributed by atoms with van der Waals surface area (Å²) in [5.41, 5.74) is 1.72. The topological polar surface area (TPSA) is 105 Å². The van der Waals surface area contributed by atoms with Crippen LogP contribution in [-0.2, 0) is 15.9 Å². The van der Waals surface area contributed by atoms with Gasteiger partial charge in [0.1, 0.15) is 0 Å². The zero-order chi connectivity index (χ0) is 15.7. The van der Waals surface area contributed by atoms with Gasteiger partial charge in [-0.05, 0) is 12.1 Å². The molecule has 0 aromatic carbocycles. The highest BCUT2D eigenvalue weighted by Crippen LogP contribution is 2.25. The van der Waals surface area contributed by atoms with Crippen molar-refractivity contribution >= 4 is 22.8 Å². The number of H-pyrrole nitrogens is 1. The second-order valence-electron chi connectivity index (χ2n) is 4.93. The van der Waals surface area contributed by atoms with Crippen LogP contribution in [0.25, 0.3) is 11.0 Å². The summed E-state index contributed by atoms with van der Waals surface area (Å²) in [4.78, 5) is 30.8. The predicted molar refractivity (Wildman–Crippen MR) is 78.2 cm³/mol. The van der Waals surface area contributed by atoms with Crippen molar-refractivity contribution in [1.82, 2.24) is 9.97 Å². The van der Waals surface area contributed by atoms with E-state index in [1.807, 2.05) is 0 Å². The van der Waals surface area contributed by atoms with Crippen LogP contribution < -0.4 is 10.5 Å². The number of hydrogen-bond donors (Lipinski definition) is 2. The van der Waals surface area contributed by atoms with Crippen molar-refractivity contribution in [3.8, 4) is 0 Å². The minimum Gasteiger partial charge on any atom is -0.465 e. The highest BCUT2D eigenvalue weighted by Gasteiger charge is 2.22. The predicted octanol–water partition coefficient (Wildman–Crippen LogP) is 0.953. The monoisotopic (exact) mass is 305 g/mol. The Balaban J connectivity index is 2.09. The molecule has 1 saturated heterocycles. The Morgan fingerprint density at radius 1 is 1.45 bits per heavy atom. The lowest BCUT2D eigenvalue weighted by molar-refractivity contribution is -0.0405. The third-order valence-corrected chi connectivity index (χ3v) is 3.46. The molecule has 0 atom stereocenters. The molecule has 1 amide bonds. The summed E-state index contributed by atoms with van der Waals surface area (Å²) in [6, 6.07) is 4.57. The molecule has 0 aliphatic carbocycles. The van der Waals surface area contributed by atoms with Gasteiger partial charge in [0.15, 0.2) is 6.29 Å². The minimum absolute atomic E-state index is 0.270. The number of anilines is 1. The Morgan fingerprint density at radius 2 is 2.18 bits per heavy atom. The van der Waals surface area contributed by atoms with Gasteiger partial charge in [-0.25, -0.2) is 9.78 Å². The van der Waals surface area contributed by atoms with Gasteiger partial charge in [-0.15, -0.1) is 0 Å². The van der Waals surface area contributed by atoms with Gasteiger partial charge in [0.2, 0.25) is 5.56 Å². The van der Waals surface area contributed by atoms with E-state index < -0.39 is 12.4 Å². The average Bonchev–Trinajstić information content (AvgIpc) is 2.99. The lowest BCUT2D eigenvalue weighted by atomic mass is 10.2. The van der Waals surface area contributed by atoms with E-state index in [1.54, 1.807) is 12.1 Å². The summed E-state index contributed by atoms with van der Waals surface area (Å²) in [7, 11) is 1.42. The molecule has 8 nitrogen and oxygen atoms in total. The van der Waals surface area contributed by atoms with E-state index in [0.717, 1.165) is 4.90 Å². The van der Waals surface area contributed by atoms with Gasteiger partial charge in [-0.2, -0.15) is 0 Å². The number of carboxylic acid groups (broad SMARTS) is 1. The largest absolute Gasteiger partial charge is 0.465 e. The molecule has 116 valence electrons. The Hall–Kier alpha value is -2.45. The van der Waals surface area contributed by atoms with Crippen LogP contribution >= 0.6 is 0 Å². The van der Waals surface area contributed by atoms with E-state index in [-0.39, 0.29) is 5.56 Å². The lowest BCUT2D eigenvalue weighted by Gasteiger charge is -2.19. The molecule has 2 N–H and O–H groups in total. The van der Waals surface area contributed by atoms with Gasteiger partial charge in [-0.3, -0.25) is 9.69 Å². The van der Waals surface area contributed by atoms with Crippen LogP contribution in [0.2, 0.25) is 0 Å². The summed E-state index contributed by atoms with van der Waals surface area (Å²) in [5.74, 6) is 0. The molecule has 0 bridgehead atoms. The molecule has 2 aromatic heterocycles. The van der Waals surface area contributed by atoms with Crippen molar-refractivity contribution < 1.29 is 19.4 Å². The molecule has 1 aliphatic rings. The van der Waals surface area contributed by atoms with E-state index in [4.69, 9.17) is 9.47 Å². The van der Waals surface area contributed by atoms with Gasteiger partial charge in [0.25, 0.3) is 0 Å². The molecule has 8 heteroatoms. The van der Waals surface area contributed by atoms with Gasteiger partial charge in [-0.1, -0.05) is 0 Å². The van der Waals surface area contributed by atoms with Crippen molar-refractivity contribution in [3.05, 3.63) is 34.2 Å². The van der Waals surface area contributed by atoms with Crippen molar-refractivity contribution in [3.63, 3.8) is 0 Å². The number of carbonyl (C=O) groups is 1. The maximum atomic E-state index is 11.4. The Morgan fingerprint density at radius 3 is 2.86 bits per heavy atom. The quantitative estimate of drug-likeness (QED) is 0.875. The zero-order valence-corrected chi connectivity index (χ0v) is 11.9. The smallest absolute Gasteiger partial charge is 0.411 e. The van der Waals surface area contributed by atoms with Gasteiger partial charge in [0.05, 0.1) is 35.6 Å². The highest BCUT2D eigenvalue weighted by atomic mass is 16.7. The first-order valence-electron chi connectivity index (χ1n) is 6.77. The van der Waals surface area contributed by atoms with Crippen molar-refractivity contribution in [2.24, 2.45) is 0 Å². The molecule has 1 aliphatic heterocycles. The van der Waals surface area contributed by atoms with E-state index in [0.29, 0.717) is 42.0 Å². The molecular weight excluding hydrogens is 290 g/mol. The number of hydrogen-bond acceptors (Lipinski definition) is 5. The third-order valence-electron chi connectivity index (χ3n) is 3.46. The highest BCUT2D eigenvalue weighted by molar-refractivity contribution is 5.89. The summed E-state index contributed by atoms with van der Waals surface area (Å²) in [6.45, 7) is 1.02. The van der Waals surface area contributed by atoms with E-state index in [1.165, 1.54) is 13.1 Å². The number of nitrogens with one attached hydrogen (secondary N) is 1. The first-order chi connectivity index (χ1) is 10.5. The number of nitrogens with zero attached hydrogens (tertiary/aromatic N) is 2. The Bertz CT molecular complexity index is 767. The standard InChI is InChI=1S/C14H15N3O5/c1-17(14(19)20)11-6-9-8(2-3-12(18)16-9)15-10(11)7-13-21-4-5-22-13/h2-3,6,13H,4-5,7H2,1H3,(H,16,18)(H,19,20). The summed E-state index contributed by atoms with van der Waals surface area (Å²) in [6.07, 6.45) is -1.22. The molecule has 0 saturated carbocycles. The number of aromatic nitrogens is 2. The average molecular weight is 305 g/mol. The summed E-state index contributed by atoms with van der Waals surface area (Å²) in [5, 5.41) is 9.21. The summed E-state index contributed by atoms with van der Waals surface area (Å²) >= 11 is 0. The molecular formula is C14H15N3O5. The number of pyridine rings is 2. The molecule has 0 unspecified atom stereocenters. The fraction of sp³-hybridized carbons (Fsp3) is 0.357. The zero-order valence-electron chi connectivity index (χ0n) is 11.9. The molecule has 0 spiro atoms. The van der Waals surface area contributed by atoms with Crippen molar-refractivity contribution in [2.45, 2.75) is 12.7 Å². The van der Waals surface area contributed by atoms with Crippen molar-refractivity contribution in [1.29, 1.82) is 0 Å². The van der Waals surface area contributed by atoms with Crippen LogP contribution in [0.15, 0.2) is 23.0 Å². The number of fused-ring (bicyclic) bond motifs is 1. The normalized spacial score (nSPS) is 15.3. The fourth-order valence-electron chi connectivity index (χ4n) is 2.34. The minimum atomic E-state index is -1.12. The van der Waals surface area contributed by atoms with E-state index in [9.17, 15) is 14.7 Å². The number of aromatic amines is 1. The number of amides is 1. The summed E-state index contributed by atoms with van der Waals surface area (Å²) < 4.78 is 10.8.